The number of fused-ring (bicyclic) bond motifs is 1. The molecule has 0 saturated heterocycles. The van der Waals surface area contributed by atoms with Crippen molar-refractivity contribution in [2.75, 3.05) is 43.7 Å². The van der Waals surface area contributed by atoms with Crippen molar-refractivity contribution in [3.63, 3.8) is 0 Å². The monoisotopic (exact) mass is 416 g/mol. The Balaban J connectivity index is 1.55. The maximum Gasteiger partial charge on any atom is 0.282 e. The maximum absolute atomic E-state index is 12.6. The molecule has 2 amide bonds. The average Bonchev–Trinajstić information content (AvgIpc) is 2.73. The molecule has 2 aromatic rings. The summed E-state index contributed by atoms with van der Waals surface area (Å²) in [5.74, 6) is 0.987. The third kappa shape index (κ3) is 5.42. The van der Waals surface area contributed by atoms with Crippen molar-refractivity contribution in [3.8, 4) is 11.5 Å². The Morgan fingerprint density at radius 1 is 1.10 bits per heavy atom. The van der Waals surface area contributed by atoms with Crippen molar-refractivity contribution in [2.24, 2.45) is 0 Å². The Kier molecular flexibility index (Phi) is 7.00. The summed E-state index contributed by atoms with van der Waals surface area (Å²) in [7, 11) is 1.83. The van der Waals surface area contributed by atoms with Gasteiger partial charge in [0.05, 0.1) is 12.7 Å². The number of carbonyl (C=O) groups excluding carboxylic acids is 2. The summed E-state index contributed by atoms with van der Waals surface area (Å²) in [4.78, 5) is 26.9. The molecule has 1 aliphatic heterocycles. The van der Waals surface area contributed by atoms with Gasteiger partial charge in [0, 0.05) is 16.6 Å². The van der Waals surface area contributed by atoms with Crippen LogP contribution in [0.1, 0.15) is 6.92 Å². The first-order valence-electron chi connectivity index (χ1n) is 9.43. The number of amides is 2. The second-order valence-corrected chi connectivity index (χ2v) is 7.69. The molecule has 0 saturated carbocycles. The second-order valence-electron chi connectivity index (χ2n) is 6.84. The Morgan fingerprint density at radius 2 is 1.83 bits per heavy atom. The molecule has 154 valence electrons. The van der Waals surface area contributed by atoms with Crippen LogP contribution < -0.4 is 25.0 Å². The number of para-hydroxylation sites is 1. The molecule has 0 radical (unpaired) electrons. The summed E-state index contributed by atoms with van der Waals surface area (Å²) in [6.45, 7) is 2.99. The number of rotatable bonds is 7. The van der Waals surface area contributed by atoms with E-state index in [1.54, 1.807) is 36.9 Å². The van der Waals surface area contributed by atoms with Crippen LogP contribution in [0, 0.1) is 0 Å². The van der Waals surface area contributed by atoms with Crippen LogP contribution in [0.3, 0.4) is 0 Å². The first kappa shape index (κ1) is 21.0. The fraction of sp³-hybridized carbons (Fsp3) is 0.333. The molecule has 1 unspecified atom stereocenters. The van der Waals surface area contributed by atoms with E-state index < -0.39 is 6.04 Å². The van der Waals surface area contributed by atoms with E-state index in [1.807, 2.05) is 37.6 Å². The van der Waals surface area contributed by atoms with E-state index in [4.69, 9.17) is 9.47 Å². The summed E-state index contributed by atoms with van der Waals surface area (Å²) in [6.07, 6.45) is 1.96. The number of nitrogens with one attached hydrogen (secondary N) is 3. The van der Waals surface area contributed by atoms with E-state index >= 15 is 0 Å². The van der Waals surface area contributed by atoms with E-state index in [0.717, 1.165) is 15.5 Å². The van der Waals surface area contributed by atoms with Gasteiger partial charge >= 0.3 is 0 Å². The van der Waals surface area contributed by atoms with E-state index in [1.165, 1.54) is 0 Å². The van der Waals surface area contributed by atoms with Gasteiger partial charge in [-0.1, -0.05) is 12.1 Å². The number of thioether (sulfide) groups is 1. The van der Waals surface area contributed by atoms with E-state index in [2.05, 4.69) is 10.6 Å². The smallest absolute Gasteiger partial charge is 0.282 e. The summed E-state index contributed by atoms with van der Waals surface area (Å²) in [6, 6.07) is 12.5. The molecule has 8 heteroatoms. The van der Waals surface area contributed by atoms with Gasteiger partial charge in [0.15, 0.2) is 24.1 Å². The summed E-state index contributed by atoms with van der Waals surface area (Å²) < 4.78 is 11.0. The predicted molar refractivity (Wildman–Crippen MR) is 114 cm³/mol. The second kappa shape index (κ2) is 9.67. The van der Waals surface area contributed by atoms with Crippen molar-refractivity contribution in [1.29, 1.82) is 0 Å². The van der Waals surface area contributed by atoms with Crippen LogP contribution in [-0.2, 0) is 9.59 Å². The molecule has 3 rings (SSSR count). The highest BCUT2D eigenvalue weighted by molar-refractivity contribution is 7.98. The third-order valence-electron chi connectivity index (χ3n) is 4.76. The lowest BCUT2D eigenvalue weighted by molar-refractivity contribution is -0.885. The molecule has 0 spiro atoms. The number of hydrogen-bond acceptors (Lipinski definition) is 5. The molecule has 3 N–H and O–H groups in total. The Bertz CT molecular complexity index is 890. The fourth-order valence-corrected chi connectivity index (χ4v) is 3.50. The predicted octanol–water partition coefficient (Wildman–Crippen LogP) is 1.66. The zero-order valence-electron chi connectivity index (χ0n) is 16.8. The SMILES string of the molecule is CSc1ccccc1NC(=O)C[NH+](C)[C@H](C)C(=O)Nc1ccc2c(c1)OCCO2. The van der Waals surface area contributed by atoms with E-state index in [9.17, 15) is 9.59 Å². The quantitative estimate of drug-likeness (QED) is 0.598. The number of hydrogen-bond donors (Lipinski definition) is 3. The van der Waals surface area contributed by atoms with Gasteiger partial charge < -0.3 is 25.0 Å². The summed E-state index contributed by atoms with van der Waals surface area (Å²) in [5, 5.41) is 5.81. The van der Waals surface area contributed by atoms with Gasteiger partial charge in [0.25, 0.3) is 11.8 Å². The van der Waals surface area contributed by atoms with Gasteiger partial charge in [-0.05, 0) is 37.4 Å². The minimum atomic E-state index is -0.412. The summed E-state index contributed by atoms with van der Waals surface area (Å²) >= 11 is 1.57. The Hall–Kier alpha value is -2.71. The number of ether oxygens (including phenoxy) is 2. The zero-order chi connectivity index (χ0) is 20.8. The highest BCUT2D eigenvalue weighted by Gasteiger charge is 2.25. The molecule has 0 aliphatic carbocycles. The van der Waals surface area contributed by atoms with Crippen LogP contribution in [0.5, 0.6) is 11.5 Å². The number of likely N-dealkylation sites (N-methyl/N-ethyl adjacent to an activating group) is 1. The standard InChI is InChI=1S/C21H25N3O4S/c1-14(21(26)22-15-8-9-17-18(12-15)28-11-10-27-17)24(2)13-20(25)23-16-6-4-5-7-19(16)29-3/h4-9,12,14H,10-11,13H2,1-3H3,(H,22,26)(H,23,25)/p+1/t14-/m1/s1. The molecule has 1 aliphatic rings. The summed E-state index contributed by atoms with van der Waals surface area (Å²) in [5.41, 5.74) is 1.42. The van der Waals surface area contributed by atoms with Crippen LogP contribution in [0.4, 0.5) is 11.4 Å². The van der Waals surface area contributed by atoms with Gasteiger partial charge in [-0.3, -0.25) is 9.59 Å². The minimum absolute atomic E-state index is 0.136. The van der Waals surface area contributed by atoms with Crippen LogP contribution in [0.25, 0.3) is 0 Å². The molecule has 0 aromatic heterocycles. The molecule has 2 aromatic carbocycles. The van der Waals surface area contributed by atoms with Crippen molar-refractivity contribution in [1.82, 2.24) is 0 Å². The van der Waals surface area contributed by atoms with Crippen molar-refractivity contribution < 1.29 is 24.0 Å². The average molecular weight is 417 g/mol. The molecule has 7 nitrogen and oxygen atoms in total. The number of quaternary nitrogens is 1. The van der Waals surface area contributed by atoms with Crippen LogP contribution in [0.15, 0.2) is 47.4 Å². The highest BCUT2D eigenvalue weighted by Crippen LogP contribution is 2.32. The molecule has 0 bridgehead atoms. The number of anilines is 2. The van der Waals surface area contributed by atoms with Crippen molar-refractivity contribution >= 4 is 35.0 Å². The van der Waals surface area contributed by atoms with Crippen LogP contribution >= 0.6 is 11.8 Å². The van der Waals surface area contributed by atoms with Gasteiger partial charge in [0.1, 0.15) is 13.2 Å². The molecular weight excluding hydrogens is 390 g/mol. The first-order valence-corrected chi connectivity index (χ1v) is 10.7. The molecule has 1 heterocycles. The lowest BCUT2D eigenvalue weighted by Crippen LogP contribution is -3.14. The van der Waals surface area contributed by atoms with Crippen LogP contribution in [-0.4, -0.2) is 50.9 Å². The fourth-order valence-electron chi connectivity index (χ4n) is 2.94. The third-order valence-corrected chi connectivity index (χ3v) is 5.56. The van der Waals surface area contributed by atoms with Gasteiger partial charge in [0.2, 0.25) is 0 Å². The van der Waals surface area contributed by atoms with Gasteiger partial charge in [-0.15, -0.1) is 11.8 Å². The molecular formula is C21H26N3O4S+. The van der Waals surface area contributed by atoms with E-state index in [-0.39, 0.29) is 18.4 Å². The number of benzene rings is 2. The first-order chi connectivity index (χ1) is 14.0. The van der Waals surface area contributed by atoms with Gasteiger partial charge in [-0.25, -0.2) is 0 Å². The Labute approximate surface area is 174 Å². The normalized spacial score (nSPS) is 14.6. The maximum atomic E-state index is 12.6. The zero-order valence-corrected chi connectivity index (χ0v) is 17.6. The van der Waals surface area contributed by atoms with Crippen molar-refractivity contribution in [3.05, 3.63) is 42.5 Å². The molecule has 0 fully saturated rings. The van der Waals surface area contributed by atoms with Crippen LogP contribution in [0.2, 0.25) is 0 Å². The highest BCUT2D eigenvalue weighted by atomic mass is 32.2. The largest absolute Gasteiger partial charge is 0.486 e. The van der Waals surface area contributed by atoms with Crippen molar-refractivity contribution in [2.45, 2.75) is 17.9 Å². The topological polar surface area (TPSA) is 81.1 Å². The van der Waals surface area contributed by atoms with Gasteiger partial charge in [-0.2, -0.15) is 0 Å². The molecule has 2 atom stereocenters. The lowest BCUT2D eigenvalue weighted by Gasteiger charge is -2.22. The molecule has 29 heavy (non-hydrogen) atoms. The van der Waals surface area contributed by atoms with E-state index in [0.29, 0.717) is 30.4 Å². The Morgan fingerprint density at radius 3 is 2.59 bits per heavy atom. The minimum Gasteiger partial charge on any atom is -0.486 e. The number of carbonyl (C=O) groups is 2. The lowest BCUT2D eigenvalue weighted by atomic mass is 10.2.